The fourth-order valence-electron chi connectivity index (χ4n) is 1.59. The normalized spacial score (nSPS) is 10.7. The van der Waals surface area contributed by atoms with Crippen molar-refractivity contribution in [3.63, 3.8) is 0 Å². The number of nitrogens with one attached hydrogen (secondary N) is 2. The van der Waals surface area contributed by atoms with Crippen molar-refractivity contribution in [2.75, 3.05) is 22.9 Å². The monoisotopic (exact) mass is 305 g/mol. The molecule has 0 unspecified atom stereocenters. The topological polar surface area (TPSA) is 92.9 Å². The van der Waals surface area contributed by atoms with E-state index in [9.17, 15) is 4.79 Å². The van der Waals surface area contributed by atoms with Crippen LogP contribution in [0.5, 0.6) is 0 Å². The molecule has 2 heterocycles. The number of anilines is 3. The summed E-state index contributed by atoms with van der Waals surface area (Å²) in [4.78, 5) is 20.9. The van der Waals surface area contributed by atoms with E-state index in [2.05, 4.69) is 34.4 Å². The van der Waals surface area contributed by atoms with Crippen LogP contribution in [0.15, 0.2) is 18.3 Å². The number of aryl methyl sites for hydroxylation is 1. The number of aromatic nitrogens is 2. The van der Waals surface area contributed by atoms with Crippen LogP contribution in [-0.2, 0) is 0 Å². The average Bonchev–Trinajstić information content (AvgIpc) is 2.80. The summed E-state index contributed by atoms with van der Waals surface area (Å²) in [7, 11) is 0. The van der Waals surface area contributed by atoms with Gasteiger partial charge in [-0.3, -0.25) is 9.78 Å². The first-order valence-electron chi connectivity index (χ1n) is 6.70. The molecule has 2 aromatic rings. The molecule has 0 aromatic carbocycles. The Labute approximate surface area is 127 Å². The molecule has 2 aromatic heterocycles. The second kappa shape index (κ2) is 6.53. The smallest absolute Gasteiger partial charge is 0.269 e. The third-order valence-electron chi connectivity index (χ3n) is 2.69. The molecule has 2 rings (SSSR count). The van der Waals surface area contributed by atoms with Gasteiger partial charge in [0.2, 0.25) is 0 Å². The van der Waals surface area contributed by atoms with E-state index < -0.39 is 0 Å². The number of carbonyl (C=O) groups excluding carboxylic acids is 1. The molecule has 112 valence electrons. The molecular weight excluding hydrogens is 286 g/mol. The summed E-state index contributed by atoms with van der Waals surface area (Å²) >= 11 is 1.25. The van der Waals surface area contributed by atoms with Crippen molar-refractivity contribution in [3.8, 4) is 0 Å². The summed E-state index contributed by atoms with van der Waals surface area (Å²) < 4.78 is 0. The zero-order chi connectivity index (χ0) is 15.4. The van der Waals surface area contributed by atoms with Crippen molar-refractivity contribution in [1.82, 2.24) is 9.97 Å². The first-order chi connectivity index (χ1) is 9.95. The predicted molar refractivity (Wildman–Crippen MR) is 86.8 cm³/mol. The molecule has 6 nitrogen and oxygen atoms in total. The van der Waals surface area contributed by atoms with Crippen LogP contribution in [-0.4, -0.2) is 22.4 Å². The standard InChI is InChI=1S/C14H19N5OS/c1-8(2)6-17-14-19-12(15)11(21-14)13(20)18-10-5-4-9(3)16-7-10/h4-5,7-8H,6,15H2,1-3H3,(H,17,19)(H,18,20). The molecule has 0 aliphatic carbocycles. The van der Waals surface area contributed by atoms with Crippen LogP contribution in [0.4, 0.5) is 16.6 Å². The Morgan fingerprint density at radius 2 is 2.19 bits per heavy atom. The number of carbonyl (C=O) groups is 1. The molecule has 0 saturated heterocycles. The van der Waals surface area contributed by atoms with Gasteiger partial charge in [-0.2, -0.15) is 0 Å². The number of nitrogens with two attached hydrogens (primary N) is 1. The van der Waals surface area contributed by atoms with Gasteiger partial charge < -0.3 is 16.4 Å². The molecule has 0 radical (unpaired) electrons. The van der Waals surface area contributed by atoms with Crippen molar-refractivity contribution in [2.45, 2.75) is 20.8 Å². The SMILES string of the molecule is Cc1ccc(NC(=O)c2sc(NCC(C)C)nc2N)cn1. The maximum atomic E-state index is 12.2. The summed E-state index contributed by atoms with van der Waals surface area (Å²) in [6, 6.07) is 3.64. The molecule has 21 heavy (non-hydrogen) atoms. The molecule has 0 spiro atoms. The summed E-state index contributed by atoms with van der Waals surface area (Å²) in [6.45, 7) is 6.87. The van der Waals surface area contributed by atoms with Gasteiger partial charge in [0.05, 0.1) is 11.9 Å². The van der Waals surface area contributed by atoms with Crippen molar-refractivity contribution >= 4 is 33.9 Å². The first-order valence-corrected chi connectivity index (χ1v) is 7.51. The second-order valence-corrected chi connectivity index (χ2v) is 6.15. The Hall–Kier alpha value is -2.15. The molecule has 0 saturated carbocycles. The largest absolute Gasteiger partial charge is 0.382 e. The summed E-state index contributed by atoms with van der Waals surface area (Å²) in [5.41, 5.74) is 7.34. The highest BCUT2D eigenvalue weighted by Gasteiger charge is 2.16. The van der Waals surface area contributed by atoms with Crippen LogP contribution in [0.3, 0.4) is 0 Å². The van der Waals surface area contributed by atoms with E-state index in [1.54, 1.807) is 12.3 Å². The number of rotatable bonds is 5. The Bertz CT molecular complexity index is 621. The highest BCUT2D eigenvalue weighted by atomic mass is 32.1. The molecule has 7 heteroatoms. The Balaban J connectivity index is 2.06. The van der Waals surface area contributed by atoms with Crippen molar-refractivity contribution in [1.29, 1.82) is 0 Å². The first kappa shape index (κ1) is 15.2. The van der Waals surface area contributed by atoms with Crippen LogP contribution in [0, 0.1) is 12.8 Å². The van der Waals surface area contributed by atoms with E-state index in [0.717, 1.165) is 12.2 Å². The van der Waals surface area contributed by atoms with Crippen LogP contribution >= 0.6 is 11.3 Å². The number of nitrogen functional groups attached to an aromatic ring is 1. The van der Waals surface area contributed by atoms with Crippen molar-refractivity contribution in [3.05, 3.63) is 28.9 Å². The molecule has 0 fully saturated rings. The summed E-state index contributed by atoms with van der Waals surface area (Å²) in [6.07, 6.45) is 1.61. The zero-order valence-corrected chi connectivity index (χ0v) is 13.1. The van der Waals surface area contributed by atoms with Crippen molar-refractivity contribution < 1.29 is 4.79 Å². The van der Waals surface area contributed by atoms with Crippen LogP contribution in [0.25, 0.3) is 0 Å². The fraction of sp³-hybridized carbons (Fsp3) is 0.357. The third kappa shape index (κ3) is 4.16. The van der Waals surface area contributed by atoms with Crippen LogP contribution in [0.2, 0.25) is 0 Å². The van der Waals surface area contributed by atoms with E-state index in [1.165, 1.54) is 11.3 Å². The maximum absolute atomic E-state index is 12.2. The lowest BCUT2D eigenvalue weighted by molar-refractivity contribution is 0.103. The predicted octanol–water partition coefficient (Wildman–Crippen LogP) is 2.75. The van der Waals surface area contributed by atoms with E-state index in [1.807, 2.05) is 13.0 Å². The highest BCUT2D eigenvalue weighted by Crippen LogP contribution is 2.26. The number of nitrogens with zero attached hydrogens (tertiary/aromatic N) is 2. The Morgan fingerprint density at radius 1 is 1.43 bits per heavy atom. The molecule has 0 aliphatic heterocycles. The lowest BCUT2D eigenvalue weighted by Gasteiger charge is -2.04. The highest BCUT2D eigenvalue weighted by molar-refractivity contribution is 7.18. The Kier molecular flexibility index (Phi) is 4.74. The van der Waals surface area contributed by atoms with Crippen LogP contribution in [0.1, 0.15) is 29.2 Å². The second-order valence-electron chi connectivity index (χ2n) is 5.15. The molecule has 0 bridgehead atoms. The quantitative estimate of drug-likeness (QED) is 0.790. The van der Waals surface area contributed by atoms with Gasteiger partial charge in [0.25, 0.3) is 5.91 Å². The number of hydrogen-bond donors (Lipinski definition) is 3. The van der Waals surface area contributed by atoms with Gasteiger partial charge in [-0.25, -0.2) is 4.98 Å². The summed E-state index contributed by atoms with van der Waals surface area (Å²) in [5.74, 6) is 0.461. The van der Waals surface area contributed by atoms with Crippen molar-refractivity contribution in [2.24, 2.45) is 5.92 Å². The molecular formula is C14H19N5OS. The maximum Gasteiger partial charge on any atom is 0.269 e. The lowest BCUT2D eigenvalue weighted by atomic mass is 10.2. The van der Waals surface area contributed by atoms with E-state index in [0.29, 0.717) is 21.6 Å². The van der Waals surface area contributed by atoms with Gasteiger partial charge in [0, 0.05) is 12.2 Å². The fourth-order valence-corrected chi connectivity index (χ4v) is 2.38. The van der Waals surface area contributed by atoms with E-state index in [4.69, 9.17) is 5.73 Å². The number of amides is 1. The number of thiazole rings is 1. The molecule has 0 atom stereocenters. The van der Waals surface area contributed by atoms with Gasteiger partial charge in [-0.15, -0.1) is 0 Å². The number of pyridine rings is 1. The molecule has 4 N–H and O–H groups in total. The molecule has 0 aliphatic rings. The van der Waals surface area contributed by atoms with Crippen LogP contribution < -0.4 is 16.4 Å². The molecule has 1 amide bonds. The average molecular weight is 305 g/mol. The summed E-state index contributed by atoms with van der Waals surface area (Å²) in [5, 5.41) is 6.59. The van der Waals surface area contributed by atoms with Gasteiger partial charge in [0.15, 0.2) is 5.13 Å². The van der Waals surface area contributed by atoms with Gasteiger partial charge in [0.1, 0.15) is 10.7 Å². The van der Waals surface area contributed by atoms with Gasteiger partial charge in [-0.05, 0) is 25.0 Å². The van der Waals surface area contributed by atoms with Gasteiger partial charge in [-0.1, -0.05) is 25.2 Å². The minimum absolute atomic E-state index is 0.240. The zero-order valence-electron chi connectivity index (χ0n) is 12.3. The third-order valence-corrected chi connectivity index (χ3v) is 3.72. The minimum Gasteiger partial charge on any atom is -0.382 e. The lowest BCUT2D eigenvalue weighted by Crippen LogP contribution is -2.12. The van der Waals surface area contributed by atoms with E-state index in [-0.39, 0.29) is 11.7 Å². The number of hydrogen-bond acceptors (Lipinski definition) is 6. The minimum atomic E-state index is -0.270. The van der Waals surface area contributed by atoms with E-state index >= 15 is 0 Å². The van der Waals surface area contributed by atoms with Gasteiger partial charge >= 0.3 is 0 Å². The Morgan fingerprint density at radius 3 is 2.81 bits per heavy atom.